The van der Waals surface area contributed by atoms with Crippen molar-refractivity contribution in [3.63, 3.8) is 0 Å². The van der Waals surface area contributed by atoms with Gasteiger partial charge in [-0.15, -0.1) is 0 Å². The van der Waals surface area contributed by atoms with Gasteiger partial charge in [0, 0.05) is 18.0 Å². The molecule has 0 aliphatic carbocycles. The quantitative estimate of drug-likeness (QED) is 0.869. The molecule has 0 bridgehead atoms. The van der Waals surface area contributed by atoms with Crippen LogP contribution in [0.25, 0.3) is 0 Å². The second-order valence-electron chi connectivity index (χ2n) is 4.84. The normalized spacial score (nSPS) is 23.1. The van der Waals surface area contributed by atoms with Gasteiger partial charge < -0.3 is 5.32 Å². The number of halogens is 5. The van der Waals surface area contributed by atoms with E-state index in [1.807, 2.05) is 0 Å². The van der Waals surface area contributed by atoms with Crippen molar-refractivity contribution in [1.29, 1.82) is 0 Å². The first-order valence-electron chi connectivity index (χ1n) is 6.01. The zero-order valence-corrected chi connectivity index (χ0v) is 11.1. The van der Waals surface area contributed by atoms with Gasteiger partial charge in [-0.05, 0) is 36.7 Å². The average Bonchev–Trinajstić information content (AvgIpc) is 2.83. The molecule has 1 aliphatic rings. The minimum atomic E-state index is -4.63. The SMILES string of the molecule is O=C(Cc1cc(F)ccc1Cl)C1(C(F)(F)F)CCNC1. The van der Waals surface area contributed by atoms with Crippen LogP contribution in [0, 0.1) is 11.2 Å². The molecule has 1 unspecified atom stereocenters. The summed E-state index contributed by atoms with van der Waals surface area (Å²) in [6, 6.07) is 3.31. The fraction of sp³-hybridized carbons (Fsp3) is 0.462. The summed E-state index contributed by atoms with van der Waals surface area (Å²) in [6.45, 7) is -0.315. The number of hydrogen-bond acceptors (Lipinski definition) is 2. The van der Waals surface area contributed by atoms with Gasteiger partial charge in [0.15, 0.2) is 5.78 Å². The van der Waals surface area contributed by atoms with E-state index >= 15 is 0 Å². The van der Waals surface area contributed by atoms with E-state index < -0.39 is 36.2 Å². The van der Waals surface area contributed by atoms with Gasteiger partial charge in [0.2, 0.25) is 0 Å². The lowest BCUT2D eigenvalue weighted by Crippen LogP contribution is -2.47. The molecule has 0 amide bonds. The van der Waals surface area contributed by atoms with Crippen LogP contribution in [0.5, 0.6) is 0 Å². The fourth-order valence-corrected chi connectivity index (χ4v) is 2.54. The molecule has 7 heteroatoms. The van der Waals surface area contributed by atoms with E-state index in [0.29, 0.717) is 0 Å². The predicted molar refractivity (Wildman–Crippen MR) is 66.1 cm³/mol. The van der Waals surface area contributed by atoms with E-state index in [0.717, 1.165) is 12.1 Å². The molecule has 110 valence electrons. The third-order valence-electron chi connectivity index (χ3n) is 3.59. The first-order valence-corrected chi connectivity index (χ1v) is 6.39. The van der Waals surface area contributed by atoms with Gasteiger partial charge in [0.1, 0.15) is 11.2 Å². The van der Waals surface area contributed by atoms with Crippen LogP contribution in [-0.4, -0.2) is 25.0 Å². The minimum Gasteiger partial charge on any atom is -0.315 e. The molecular formula is C13H12ClF4NO. The maximum Gasteiger partial charge on any atom is 0.402 e. The summed E-state index contributed by atoms with van der Waals surface area (Å²) in [5.41, 5.74) is -2.32. The van der Waals surface area contributed by atoms with Crippen LogP contribution < -0.4 is 5.32 Å². The first-order chi connectivity index (χ1) is 9.26. The van der Waals surface area contributed by atoms with Gasteiger partial charge in [-0.3, -0.25) is 4.79 Å². The molecule has 1 atom stereocenters. The highest BCUT2D eigenvalue weighted by atomic mass is 35.5. The fourth-order valence-electron chi connectivity index (χ4n) is 2.35. The number of hydrogen-bond donors (Lipinski definition) is 1. The molecule has 1 aromatic rings. The van der Waals surface area contributed by atoms with Crippen LogP contribution in [0.4, 0.5) is 17.6 Å². The topological polar surface area (TPSA) is 29.1 Å². The number of carbonyl (C=O) groups is 1. The van der Waals surface area contributed by atoms with Crippen LogP contribution in [0.1, 0.15) is 12.0 Å². The maximum absolute atomic E-state index is 13.2. The molecular weight excluding hydrogens is 298 g/mol. The van der Waals surface area contributed by atoms with Gasteiger partial charge in [-0.2, -0.15) is 13.2 Å². The summed E-state index contributed by atoms with van der Waals surface area (Å²) in [7, 11) is 0. The number of Topliss-reactive ketones (excluding diaryl/α,β-unsaturated/α-hetero) is 1. The Hall–Kier alpha value is -1.14. The maximum atomic E-state index is 13.2. The molecule has 20 heavy (non-hydrogen) atoms. The molecule has 2 rings (SSSR count). The van der Waals surface area contributed by atoms with Crippen LogP contribution in [-0.2, 0) is 11.2 Å². The van der Waals surface area contributed by atoms with Crippen molar-refractivity contribution in [3.8, 4) is 0 Å². The molecule has 2 nitrogen and oxygen atoms in total. The number of nitrogens with one attached hydrogen (secondary N) is 1. The molecule has 1 heterocycles. The van der Waals surface area contributed by atoms with Gasteiger partial charge >= 0.3 is 6.18 Å². The Balaban J connectivity index is 2.28. The lowest BCUT2D eigenvalue weighted by molar-refractivity contribution is -0.214. The van der Waals surface area contributed by atoms with Gasteiger partial charge in [0.05, 0.1) is 0 Å². The Bertz CT molecular complexity index is 524. The van der Waals surface area contributed by atoms with E-state index in [1.165, 1.54) is 6.07 Å². The van der Waals surface area contributed by atoms with Crippen LogP contribution in [0.3, 0.4) is 0 Å². The molecule has 1 fully saturated rings. The van der Waals surface area contributed by atoms with Crippen LogP contribution >= 0.6 is 11.6 Å². The Morgan fingerprint density at radius 1 is 1.40 bits per heavy atom. The van der Waals surface area contributed by atoms with Crippen molar-refractivity contribution in [2.75, 3.05) is 13.1 Å². The van der Waals surface area contributed by atoms with Gasteiger partial charge in [-0.1, -0.05) is 11.6 Å². The summed E-state index contributed by atoms with van der Waals surface area (Å²) in [5.74, 6) is -1.62. The van der Waals surface area contributed by atoms with Gasteiger partial charge in [0.25, 0.3) is 0 Å². The molecule has 1 saturated heterocycles. The standard InChI is InChI=1S/C13H12ClF4NO/c14-10-2-1-9(15)5-8(10)6-11(20)12(13(16,17)18)3-4-19-7-12/h1-2,5,19H,3-4,6-7H2. The lowest BCUT2D eigenvalue weighted by Gasteiger charge is -2.29. The minimum absolute atomic E-state index is 0.0761. The highest BCUT2D eigenvalue weighted by Crippen LogP contribution is 2.44. The Morgan fingerprint density at radius 3 is 2.65 bits per heavy atom. The number of benzene rings is 1. The van der Waals surface area contributed by atoms with Crippen molar-refractivity contribution in [2.24, 2.45) is 5.41 Å². The molecule has 0 saturated carbocycles. The lowest BCUT2D eigenvalue weighted by atomic mass is 9.79. The second kappa shape index (κ2) is 5.33. The summed E-state index contributed by atoms with van der Waals surface area (Å²) < 4.78 is 52.6. The van der Waals surface area contributed by atoms with E-state index in [4.69, 9.17) is 11.6 Å². The zero-order chi connectivity index (χ0) is 15.0. The molecule has 1 N–H and O–H groups in total. The second-order valence-corrected chi connectivity index (χ2v) is 5.25. The predicted octanol–water partition coefficient (Wildman–Crippen LogP) is 3.13. The van der Waals surface area contributed by atoms with E-state index in [-0.39, 0.29) is 23.6 Å². The molecule has 0 aromatic heterocycles. The molecule has 0 spiro atoms. The molecule has 0 radical (unpaired) electrons. The average molecular weight is 310 g/mol. The zero-order valence-electron chi connectivity index (χ0n) is 10.4. The Morgan fingerprint density at radius 2 is 2.10 bits per heavy atom. The van der Waals surface area contributed by atoms with Gasteiger partial charge in [-0.25, -0.2) is 4.39 Å². The number of carbonyl (C=O) groups excluding carboxylic acids is 1. The van der Waals surface area contributed by atoms with E-state index in [2.05, 4.69) is 5.32 Å². The van der Waals surface area contributed by atoms with Crippen molar-refractivity contribution in [2.45, 2.75) is 19.0 Å². The summed E-state index contributed by atoms with van der Waals surface area (Å²) in [5, 5.41) is 2.65. The molecule has 1 aliphatic heterocycles. The largest absolute Gasteiger partial charge is 0.402 e. The number of rotatable bonds is 3. The van der Waals surface area contributed by atoms with E-state index in [9.17, 15) is 22.4 Å². The summed E-state index contributed by atoms with van der Waals surface area (Å²) in [4.78, 5) is 12.1. The highest BCUT2D eigenvalue weighted by molar-refractivity contribution is 6.31. The number of ketones is 1. The first kappa shape index (κ1) is 15.3. The van der Waals surface area contributed by atoms with Crippen molar-refractivity contribution >= 4 is 17.4 Å². The Kier molecular flexibility index (Phi) is 4.07. The van der Waals surface area contributed by atoms with Crippen LogP contribution in [0.2, 0.25) is 5.02 Å². The van der Waals surface area contributed by atoms with Crippen LogP contribution in [0.15, 0.2) is 18.2 Å². The van der Waals surface area contributed by atoms with Crippen molar-refractivity contribution < 1.29 is 22.4 Å². The smallest absolute Gasteiger partial charge is 0.315 e. The number of alkyl halides is 3. The highest BCUT2D eigenvalue weighted by Gasteiger charge is 2.60. The summed E-state index contributed by atoms with van der Waals surface area (Å²) >= 11 is 5.79. The summed E-state index contributed by atoms with van der Waals surface area (Å²) in [6.07, 6.45) is -5.46. The van der Waals surface area contributed by atoms with E-state index in [1.54, 1.807) is 0 Å². The molecule has 1 aromatic carbocycles. The van der Waals surface area contributed by atoms with Crippen molar-refractivity contribution in [3.05, 3.63) is 34.6 Å². The monoisotopic (exact) mass is 309 g/mol. The third-order valence-corrected chi connectivity index (χ3v) is 3.96. The Labute approximate surface area is 118 Å². The van der Waals surface area contributed by atoms with Crippen molar-refractivity contribution in [1.82, 2.24) is 5.32 Å². The third kappa shape index (κ3) is 2.67.